The fourth-order valence-corrected chi connectivity index (χ4v) is 4.90. The van der Waals surface area contributed by atoms with Gasteiger partial charge in [0.25, 0.3) is 5.91 Å². The van der Waals surface area contributed by atoms with Crippen molar-refractivity contribution in [1.29, 1.82) is 0 Å². The number of anilines is 2. The second-order valence-electron chi connectivity index (χ2n) is 11.8. The van der Waals surface area contributed by atoms with Gasteiger partial charge < -0.3 is 10.6 Å². The van der Waals surface area contributed by atoms with Crippen molar-refractivity contribution in [3.63, 3.8) is 0 Å². The summed E-state index contributed by atoms with van der Waals surface area (Å²) < 4.78 is 235. The van der Waals surface area contributed by atoms with E-state index in [9.17, 15) is 83.8 Å². The molecule has 0 saturated carbocycles. The number of benzene rings is 2. The Bertz CT molecular complexity index is 2490. The molecule has 9 nitrogen and oxygen atoms in total. The Hall–Kier alpha value is -6.83. The van der Waals surface area contributed by atoms with Crippen molar-refractivity contribution in [3.8, 4) is 11.4 Å². The van der Waals surface area contributed by atoms with Gasteiger partial charge in [-0.3, -0.25) is 4.79 Å². The van der Waals surface area contributed by atoms with E-state index in [4.69, 9.17) is 0 Å². The fourth-order valence-electron chi connectivity index (χ4n) is 4.90. The molecule has 2 N–H and O–H groups in total. The largest absolute Gasteiger partial charge is 0.435 e. The van der Waals surface area contributed by atoms with Crippen LogP contribution in [0, 0.1) is 34.9 Å². The maximum atomic E-state index is 13.6. The lowest BCUT2D eigenvalue weighted by Crippen LogP contribution is -2.17. The van der Waals surface area contributed by atoms with Crippen LogP contribution in [0.1, 0.15) is 38.7 Å². The van der Waals surface area contributed by atoms with Crippen molar-refractivity contribution >= 4 is 17.5 Å². The fraction of sp³-hybridized carbons (Fsp3) is 0.147. The first-order valence-electron chi connectivity index (χ1n) is 15.9. The number of halogens is 18. The maximum Gasteiger partial charge on any atom is 0.435 e. The zero-order valence-electron chi connectivity index (χ0n) is 29.0. The van der Waals surface area contributed by atoms with Crippen LogP contribution < -0.4 is 10.6 Å². The molecule has 0 spiro atoms. The Morgan fingerprint density at radius 1 is 0.525 bits per heavy atom. The van der Waals surface area contributed by atoms with E-state index in [0.717, 1.165) is 30.5 Å². The van der Waals surface area contributed by atoms with Gasteiger partial charge >= 0.3 is 24.7 Å². The number of aromatic nitrogens is 6. The molecule has 6 aromatic rings. The first-order chi connectivity index (χ1) is 28.1. The van der Waals surface area contributed by atoms with Crippen molar-refractivity contribution in [2.24, 2.45) is 0 Å². The monoisotopic (exact) mass is 894 g/mol. The second-order valence-corrected chi connectivity index (χ2v) is 11.8. The molecule has 4 aromatic heterocycles. The Balaban J connectivity index is 0.000000231. The molecule has 0 aliphatic rings. The minimum atomic E-state index is -5.18. The number of pyridine rings is 2. The first-order valence-corrected chi connectivity index (χ1v) is 15.9. The molecule has 324 valence electrons. The zero-order chi connectivity index (χ0) is 45.4. The summed E-state index contributed by atoms with van der Waals surface area (Å²) in [4.78, 5) is 19.2. The Morgan fingerprint density at radius 3 is 1.28 bits per heavy atom. The summed E-state index contributed by atoms with van der Waals surface area (Å²) in [6.45, 7) is -0.474. The van der Waals surface area contributed by atoms with Crippen LogP contribution in [-0.2, 0) is 31.2 Å². The number of amides is 1. The van der Waals surface area contributed by atoms with Crippen molar-refractivity contribution in [1.82, 2.24) is 29.5 Å². The molecule has 0 saturated heterocycles. The lowest BCUT2D eigenvalue weighted by atomic mass is 10.2. The minimum absolute atomic E-state index is 0.0406. The summed E-state index contributed by atoms with van der Waals surface area (Å²) in [5, 5.41) is 10.2. The number of alkyl halides is 12. The molecule has 61 heavy (non-hydrogen) atoms. The molecule has 1 amide bonds. The van der Waals surface area contributed by atoms with Crippen LogP contribution in [0.4, 0.5) is 90.7 Å². The molecule has 0 bridgehead atoms. The van der Waals surface area contributed by atoms with Crippen molar-refractivity contribution in [3.05, 3.63) is 142 Å². The van der Waals surface area contributed by atoms with Gasteiger partial charge in [-0.2, -0.15) is 62.9 Å². The van der Waals surface area contributed by atoms with E-state index < -0.39 is 123 Å². The number of nitrogens with zero attached hydrogens (tertiary/aromatic N) is 6. The Labute approximate surface area is 326 Å². The zero-order valence-corrected chi connectivity index (χ0v) is 29.0. The van der Waals surface area contributed by atoms with Crippen molar-refractivity contribution < 1.29 is 83.8 Å². The summed E-state index contributed by atoms with van der Waals surface area (Å²) in [5.74, 6) is -9.60. The lowest BCUT2D eigenvalue weighted by Gasteiger charge is -2.11. The highest BCUT2D eigenvalue weighted by molar-refractivity contribution is 6.04. The molecule has 6 rings (SSSR count). The quantitative estimate of drug-likeness (QED) is 0.155. The SMILES string of the molecule is Fc1cc(F)c(CNc2ccc(-n3nc(C(F)(F)F)cc3C(F)(F)F)cn2)c(F)c1.O=C(Nc1ccc(-n2nc(C(F)(F)F)cc2C(F)(F)F)cn1)c1c(F)cc(F)cc1F. The molecule has 2 aromatic carbocycles. The van der Waals surface area contributed by atoms with Crippen LogP contribution in [-0.4, -0.2) is 35.4 Å². The van der Waals surface area contributed by atoms with E-state index in [1.807, 2.05) is 5.32 Å². The van der Waals surface area contributed by atoms with E-state index >= 15 is 0 Å². The Kier molecular flexibility index (Phi) is 12.4. The predicted octanol–water partition coefficient (Wildman–Crippen LogP) is 10.3. The third-order valence-corrected chi connectivity index (χ3v) is 7.59. The van der Waals surface area contributed by atoms with Crippen LogP contribution in [0.25, 0.3) is 11.4 Å². The third-order valence-electron chi connectivity index (χ3n) is 7.59. The molecule has 0 unspecified atom stereocenters. The van der Waals surface area contributed by atoms with E-state index in [-0.39, 0.29) is 39.4 Å². The van der Waals surface area contributed by atoms with Gasteiger partial charge in [-0.05, 0) is 24.3 Å². The Morgan fingerprint density at radius 2 is 0.918 bits per heavy atom. The summed E-state index contributed by atoms with van der Waals surface area (Å²) >= 11 is 0. The van der Waals surface area contributed by atoms with Crippen LogP contribution in [0.15, 0.2) is 73.1 Å². The highest BCUT2D eigenvalue weighted by atomic mass is 19.4. The third kappa shape index (κ3) is 10.7. The molecule has 0 radical (unpaired) electrons. The van der Waals surface area contributed by atoms with Crippen LogP contribution in [0.3, 0.4) is 0 Å². The van der Waals surface area contributed by atoms with Crippen molar-refractivity contribution in [2.75, 3.05) is 10.6 Å². The van der Waals surface area contributed by atoms with E-state index in [0.29, 0.717) is 18.3 Å². The van der Waals surface area contributed by atoms with Gasteiger partial charge in [0.15, 0.2) is 11.4 Å². The van der Waals surface area contributed by atoms with Gasteiger partial charge in [-0.25, -0.2) is 45.7 Å². The van der Waals surface area contributed by atoms with E-state index in [2.05, 4.69) is 25.5 Å². The van der Waals surface area contributed by atoms with Gasteiger partial charge in [-0.15, -0.1) is 0 Å². The summed E-state index contributed by atoms with van der Waals surface area (Å²) in [6, 6.07) is 4.87. The molecule has 0 aliphatic heterocycles. The van der Waals surface area contributed by atoms with Gasteiger partial charge in [0.2, 0.25) is 0 Å². The highest BCUT2D eigenvalue weighted by Gasteiger charge is 2.43. The number of hydrogen-bond acceptors (Lipinski definition) is 6. The summed E-state index contributed by atoms with van der Waals surface area (Å²) in [7, 11) is 0. The van der Waals surface area contributed by atoms with Gasteiger partial charge in [-0.1, -0.05) is 0 Å². The van der Waals surface area contributed by atoms with E-state index in [1.165, 1.54) is 0 Å². The number of carbonyl (C=O) groups is 1. The molecule has 0 atom stereocenters. The molecule has 0 fully saturated rings. The lowest BCUT2D eigenvalue weighted by molar-refractivity contribution is -0.145. The molecular formula is C34H16F18N8O. The average molecular weight is 895 g/mol. The van der Waals surface area contributed by atoms with Crippen LogP contribution >= 0.6 is 0 Å². The van der Waals surface area contributed by atoms with Crippen LogP contribution in [0.5, 0.6) is 0 Å². The second kappa shape index (κ2) is 16.7. The molecule has 0 aliphatic carbocycles. The van der Waals surface area contributed by atoms with Gasteiger partial charge in [0, 0.05) is 48.5 Å². The summed E-state index contributed by atoms with van der Waals surface area (Å²) in [6.07, 6.45) is -19.1. The highest BCUT2D eigenvalue weighted by Crippen LogP contribution is 2.38. The minimum Gasteiger partial charge on any atom is -0.366 e. The number of carbonyl (C=O) groups excluding carboxylic acids is 1. The summed E-state index contributed by atoms with van der Waals surface area (Å²) in [5.41, 5.74) is -9.54. The number of nitrogens with one attached hydrogen (secondary N) is 2. The standard InChI is InChI=1S/C17H7F9N4O.C17H9F9N4/c18-7-3-9(19)14(10(20)4-7)15(31)28-13-2-1-8(6-27-13)30-12(17(24,25)26)5-11(29-30)16(21,22)23;18-8-3-11(19)10(12(20)4-8)7-28-15-2-1-9(6-27-15)30-14(17(24,25)26)5-13(29-30)16(21,22)23/h1-6H,(H,27,28,31);1-6H,7H2,(H,27,28). The average Bonchev–Trinajstić information content (AvgIpc) is 3.79. The molecular weight excluding hydrogens is 878 g/mol. The molecule has 27 heteroatoms. The topological polar surface area (TPSA) is 103 Å². The maximum absolute atomic E-state index is 13.6. The first kappa shape index (κ1) is 45.3. The van der Waals surface area contributed by atoms with Crippen LogP contribution in [0.2, 0.25) is 0 Å². The molecule has 4 heterocycles. The van der Waals surface area contributed by atoms with Gasteiger partial charge in [0.05, 0.1) is 23.8 Å². The number of rotatable bonds is 7. The number of hydrogen-bond donors (Lipinski definition) is 2. The van der Waals surface area contributed by atoms with Gasteiger partial charge in [0.1, 0.15) is 63.5 Å². The smallest absolute Gasteiger partial charge is 0.366 e. The van der Waals surface area contributed by atoms with E-state index in [1.54, 1.807) is 0 Å². The van der Waals surface area contributed by atoms with Crippen molar-refractivity contribution in [2.45, 2.75) is 31.2 Å². The normalized spacial score (nSPS) is 12.2. The predicted molar refractivity (Wildman–Crippen MR) is 171 cm³/mol.